The summed E-state index contributed by atoms with van der Waals surface area (Å²) in [6.45, 7) is 4.50. The molecule has 0 bridgehead atoms. The summed E-state index contributed by atoms with van der Waals surface area (Å²) in [5, 5.41) is 30.1. The first-order valence-electron chi connectivity index (χ1n) is 8.44. The Labute approximate surface area is 151 Å². The van der Waals surface area contributed by atoms with Crippen molar-refractivity contribution in [1.29, 1.82) is 0 Å². The number of carbonyl (C=O) groups excluding carboxylic acids is 1. The van der Waals surface area contributed by atoms with Gasteiger partial charge in [-0.25, -0.2) is 0 Å². The van der Waals surface area contributed by atoms with Crippen LogP contribution in [-0.2, 0) is 33.2 Å². The zero-order chi connectivity index (χ0) is 19.6. The van der Waals surface area contributed by atoms with E-state index in [9.17, 15) is 20.1 Å². The van der Waals surface area contributed by atoms with E-state index in [1.165, 1.54) is 21.1 Å². The molecule has 0 radical (unpaired) electrons. The molecule has 0 saturated carbocycles. The van der Waals surface area contributed by atoms with Crippen LogP contribution in [0.25, 0.3) is 0 Å². The molecule has 2 heterocycles. The molecule has 0 aromatic heterocycles. The van der Waals surface area contributed by atoms with Crippen LogP contribution in [0.15, 0.2) is 0 Å². The van der Waals surface area contributed by atoms with Gasteiger partial charge in [0.25, 0.3) is 0 Å². The fraction of sp³-hybridized carbons (Fsp3) is 0.938. The maximum absolute atomic E-state index is 11.4. The predicted octanol–water partition coefficient (Wildman–Crippen LogP) is -1.46. The number of aliphatic hydroxyl groups excluding tert-OH is 3. The van der Waals surface area contributed by atoms with Gasteiger partial charge in [0.1, 0.15) is 30.5 Å². The summed E-state index contributed by atoms with van der Waals surface area (Å²) < 4.78 is 32.6. The van der Waals surface area contributed by atoms with Gasteiger partial charge < -0.3 is 43.7 Å². The molecule has 2 rings (SSSR count). The van der Waals surface area contributed by atoms with E-state index in [0.717, 1.165) is 0 Å². The van der Waals surface area contributed by atoms with E-state index in [-0.39, 0.29) is 0 Å². The molecule has 3 N–H and O–H groups in total. The fourth-order valence-electron chi connectivity index (χ4n) is 3.28. The number of hydrogen-bond donors (Lipinski definition) is 3. The zero-order valence-electron chi connectivity index (χ0n) is 15.5. The third-order valence-electron chi connectivity index (χ3n) is 4.67. The summed E-state index contributed by atoms with van der Waals surface area (Å²) in [5.41, 5.74) is 0. The predicted molar refractivity (Wildman–Crippen MR) is 84.9 cm³/mol. The summed E-state index contributed by atoms with van der Waals surface area (Å²) in [4.78, 5) is 11.4. The first-order chi connectivity index (χ1) is 12.2. The van der Waals surface area contributed by atoms with Crippen LogP contribution in [0.5, 0.6) is 0 Å². The summed E-state index contributed by atoms with van der Waals surface area (Å²) >= 11 is 0. The van der Waals surface area contributed by atoms with Crippen molar-refractivity contribution in [2.45, 2.75) is 82.2 Å². The van der Waals surface area contributed by atoms with E-state index in [0.29, 0.717) is 0 Å². The molecule has 2 fully saturated rings. The highest BCUT2D eigenvalue weighted by Crippen LogP contribution is 2.31. The minimum absolute atomic E-state index is 0.492. The molecule has 152 valence electrons. The third-order valence-corrected chi connectivity index (χ3v) is 4.67. The molecule has 0 amide bonds. The van der Waals surface area contributed by atoms with Crippen molar-refractivity contribution in [1.82, 2.24) is 0 Å². The fourth-order valence-corrected chi connectivity index (χ4v) is 3.28. The lowest BCUT2D eigenvalue weighted by atomic mass is 9.97. The Kier molecular flexibility index (Phi) is 7.34. The standard InChI is InChI=1S/C16H28O10/c1-6-9(18)12(10(19)15(20)23-6)26-16-14(22-5)13(21-4)11(7(2)24-16)25-8(3)17/h6-7,9-16,18-20H,1-5H3. The molecule has 2 aliphatic rings. The second-order valence-corrected chi connectivity index (χ2v) is 6.50. The molecular formula is C16H28O10. The Balaban J connectivity index is 2.19. The maximum atomic E-state index is 11.4. The molecule has 10 heteroatoms. The van der Waals surface area contributed by atoms with Crippen molar-refractivity contribution in [3.8, 4) is 0 Å². The van der Waals surface area contributed by atoms with Gasteiger partial charge in [0.2, 0.25) is 0 Å². The minimum Gasteiger partial charge on any atom is -0.457 e. The highest BCUT2D eigenvalue weighted by Gasteiger charge is 2.51. The van der Waals surface area contributed by atoms with Gasteiger partial charge in [-0.3, -0.25) is 4.79 Å². The van der Waals surface area contributed by atoms with E-state index in [1.54, 1.807) is 13.8 Å². The Morgan fingerprint density at radius 3 is 2.00 bits per heavy atom. The van der Waals surface area contributed by atoms with Crippen molar-refractivity contribution in [2.24, 2.45) is 0 Å². The number of aliphatic hydroxyl groups is 3. The van der Waals surface area contributed by atoms with Crippen molar-refractivity contribution < 1.29 is 48.5 Å². The van der Waals surface area contributed by atoms with Crippen LogP contribution in [0.1, 0.15) is 20.8 Å². The summed E-state index contributed by atoms with van der Waals surface area (Å²) in [7, 11) is 2.85. The van der Waals surface area contributed by atoms with Gasteiger partial charge in [0.15, 0.2) is 18.7 Å². The average molecular weight is 380 g/mol. The average Bonchev–Trinajstić information content (AvgIpc) is 2.58. The lowest BCUT2D eigenvalue weighted by Gasteiger charge is -2.46. The molecule has 2 saturated heterocycles. The second kappa shape index (κ2) is 8.89. The van der Waals surface area contributed by atoms with Crippen molar-refractivity contribution in [3.05, 3.63) is 0 Å². The van der Waals surface area contributed by atoms with E-state index >= 15 is 0 Å². The molecule has 10 nitrogen and oxygen atoms in total. The molecule has 2 aliphatic heterocycles. The maximum Gasteiger partial charge on any atom is 0.303 e. The number of ether oxygens (including phenoxy) is 6. The van der Waals surface area contributed by atoms with Crippen molar-refractivity contribution in [2.75, 3.05) is 14.2 Å². The molecule has 10 atom stereocenters. The van der Waals surface area contributed by atoms with Gasteiger partial charge in [-0.15, -0.1) is 0 Å². The Morgan fingerprint density at radius 1 is 0.846 bits per heavy atom. The smallest absolute Gasteiger partial charge is 0.303 e. The van der Waals surface area contributed by atoms with Crippen LogP contribution in [0.3, 0.4) is 0 Å². The first-order valence-corrected chi connectivity index (χ1v) is 8.44. The minimum atomic E-state index is -1.51. The van der Waals surface area contributed by atoms with Crippen LogP contribution >= 0.6 is 0 Å². The Hall–Kier alpha value is -0.850. The molecule has 26 heavy (non-hydrogen) atoms. The number of esters is 1. The lowest BCUT2D eigenvalue weighted by Crippen LogP contribution is -2.64. The highest BCUT2D eigenvalue weighted by molar-refractivity contribution is 5.66. The number of rotatable bonds is 5. The van der Waals surface area contributed by atoms with Crippen molar-refractivity contribution >= 4 is 5.97 Å². The van der Waals surface area contributed by atoms with Gasteiger partial charge in [-0.1, -0.05) is 0 Å². The van der Waals surface area contributed by atoms with E-state index in [1.807, 2.05) is 0 Å². The normalized spacial score (nSPS) is 46.8. The molecule has 0 spiro atoms. The summed E-state index contributed by atoms with van der Waals surface area (Å²) in [6.07, 6.45) is -10.00. The van der Waals surface area contributed by atoms with Gasteiger partial charge in [0.05, 0.1) is 12.2 Å². The largest absolute Gasteiger partial charge is 0.457 e. The van der Waals surface area contributed by atoms with Crippen LogP contribution in [0.4, 0.5) is 0 Å². The molecular weight excluding hydrogens is 352 g/mol. The quantitative estimate of drug-likeness (QED) is 0.486. The van der Waals surface area contributed by atoms with Gasteiger partial charge in [-0.2, -0.15) is 0 Å². The van der Waals surface area contributed by atoms with Crippen LogP contribution in [-0.4, -0.2) is 96.9 Å². The van der Waals surface area contributed by atoms with Crippen LogP contribution in [0.2, 0.25) is 0 Å². The van der Waals surface area contributed by atoms with Crippen molar-refractivity contribution in [3.63, 3.8) is 0 Å². The number of hydrogen-bond acceptors (Lipinski definition) is 10. The summed E-state index contributed by atoms with van der Waals surface area (Å²) in [6, 6.07) is 0. The monoisotopic (exact) mass is 380 g/mol. The van der Waals surface area contributed by atoms with E-state index in [2.05, 4.69) is 0 Å². The molecule has 0 aliphatic carbocycles. The molecule has 10 unspecified atom stereocenters. The Bertz CT molecular complexity index is 460. The lowest BCUT2D eigenvalue weighted by molar-refractivity contribution is -0.353. The van der Waals surface area contributed by atoms with Gasteiger partial charge in [0, 0.05) is 21.1 Å². The topological polar surface area (TPSA) is 133 Å². The Morgan fingerprint density at radius 2 is 1.46 bits per heavy atom. The third kappa shape index (κ3) is 4.34. The van der Waals surface area contributed by atoms with E-state index < -0.39 is 67.4 Å². The second-order valence-electron chi connectivity index (χ2n) is 6.50. The van der Waals surface area contributed by atoms with E-state index in [4.69, 9.17) is 28.4 Å². The molecule has 0 aromatic carbocycles. The van der Waals surface area contributed by atoms with Crippen LogP contribution in [0, 0.1) is 0 Å². The number of methoxy groups -OCH3 is 2. The number of carbonyl (C=O) groups is 1. The zero-order valence-corrected chi connectivity index (χ0v) is 15.5. The first kappa shape index (κ1) is 21.5. The van der Waals surface area contributed by atoms with Gasteiger partial charge >= 0.3 is 5.97 Å². The SMILES string of the molecule is COC1C(OC2C(O)C(C)OC(O)C2O)OC(C)C(OC(C)=O)C1OC. The molecule has 0 aromatic rings. The van der Waals surface area contributed by atoms with Crippen LogP contribution < -0.4 is 0 Å². The summed E-state index contributed by atoms with van der Waals surface area (Å²) in [5.74, 6) is -0.492. The highest BCUT2D eigenvalue weighted by atomic mass is 16.7. The van der Waals surface area contributed by atoms with Gasteiger partial charge in [-0.05, 0) is 13.8 Å².